The maximum absolute atomic E-state index is 15.5. The lowest BCUT2D eigenvalue weighted by molar-refractivity contribution is -0.346. The summed E-state index contributed by atoms with van der Waals surface area (Å²) in [6.07, 6.45) is -10.5. The molecule has 2 bridgehead atoms. The third kappa shape index (κ3) is 11.5. The number of aliphatic hydroxyl groups is 3. The van der Waals surface area contributed by atoms with Crippen molar-refractivity contribution >= 4 is 64.4 Å². The van der Waals surface area contributed by atoms with Crippen molar-refractivity contribution in [3.63, 3.8) is 0 Å². The number of carbonyl (C=O) groups is 8. The first-order chi connectivity index (χ1) is 38.8. The molecule has 2 saturated carbocycles. The number of para-hydroxylation sites is 2. The minimum atomic E-state index is -2.39. The van der Waals surface area contributed by atoms with Crippen LogP contribution in [0.5, 0.6) is 0 Å². The van der Waals surface area contributed by atoms with Gasteiger partial charge >= 0.3 is 23.9 Å². The molecule has 0 spiro atoms. The zero-order valence-corrected chi connectivity index (χ0v) is 46.2. The van der Waals surface area contributed by atoms with Gasteiger partial charge in [0.1, 0.15) is 23.9 Å². The van der Waals surface area contributed by atoms with E-state index in [1.54, 1.807) is 141 Å². The maximum Gasteiger partial charge on any atom is 0.338 e. The Balaban J connectivity index is 0.000000370. The van der Waals surface area contributed by atoms with E-state index in [-0.39, 0.29) is 47.1 Å². The summed E-state index contributed by atoms with van der Waals surface area (Å²) < 4.78 is 30.3. The van der Waals surface area contributed by atoms with Gasteiger partial charge in [-0.15, -0.1) is 0 Å². The van der Waals surface area contributed by atoms with Gasteiger partial charge < -0.3 is 60.7 Å². The number of rotatable bonds is 13. The quantitative estimate of drug-likeness (QED) is 0.0298. The minimum absolute atomic E-state index is 0.00289. The molecule has 3 aliphatic carbocycles. The molecule has 0 unspecified atom stereocenters. The number of nitrogens with one attached hydrogen (secondary N) is 3. The Morgan fingerprint density at radius 3 is 1.84 bits per heavy atom. The number of nitrogens with two attached hydrogens (primary N) is 1. The standard InChI is InChI=1S/C47H51NO14.C15H15N3O2/c1-25-31(60-43(56)36(52)35(28-16-10-7-11-17-28)48-41(54)29-18-12-8-13-19-29)23-47(57)40(61-42(55)30-20-14-9-15-21-30)38-45(6,32(51)22-33-46(38,24-58-33)62-27(3)50)39(53)37(59-26(2)49)34(25)44(47,4)5;1-10(19)17-12-8-6-11(7-9-12)15(20)18-14-5-3-2-4-13(14)16/h7-21,31-33,35-38,40,51-52,57H,22-24H2,1-6H3,(H,48,54);2-9H,16H2,1H3,(H,17,19)(H,18,20)/t31-,32-,33+,35-,36+,37+,38-,40-,45+,46-,47+;/m0./s1. The summed E-state index contributed by atoms with van der Waals surface area (Å²) in [6.45, 7) is 9.40. The smallest absolute Gasteiger partial charge is 0.338 e. The molecule has 82 heavy (non-hydrogen) atoms. The molecule has 3 amide bonds. The van der Waals surface area contributed by atoms with Crippen LogP contribution in [0.2, 0.25) is 0 Å². The summed E-state index contributed by atoms with van der Waals surface area (Å²) in [4.78, 5) is 106. The van der Waals surface area contributed by atoms with Crippen LogP contribution < -0.4 is 21.7 Å². The van der Waals surface area contributed by atoms with Crippen molar-refractivity contribution in [1.29, 1.82) is 0 Å². The Bertz CT molecular complexity index is 3280. The molecule has 11 atom stereocenters. The summed E-state index contributed by atoms with van der Waals surface area (Å²) in [5.41, 5.74) is 0.962. The van der Waals surface area contributed by atoms with Gasteiger partial charge in [-0.3, -0.25) is 28.8 Å². The first-order valence-electron chi connectivity index (χ1n) is 26.6. The van der Waals surface area contributed by atoms with Crippen molar-refractivity contribution < 1.29 is 77.4 Å². The number of esters is 4. The second kappa shape index (κ2) is 23.9. The number of hydrogen-bond acceptors (Lipinski definition) is 17. The average molecular weight is 1120 g/mol. The predicted octanol–water partition coefficient (Wildman–Crippen LogP) is 6.22. The molecule has 20 nitrogen and oxygen atoms in total. The normalized spacial score (nSPS) is 26.5. The van der Waals surface area contributed by atoms with Gasteiger partial charge in [0.05, 0.1) is 47.0 Å². The van der Waals surface area contributed by atoms with Gasteiger partial charge in [-0.05, 0) is 91.2 Å². The van der Waals surface area contributed by atoms with Crippen molar-refractivity contribution in [1.82, 2.24) is 5.32 Å². The predicted molar refractivity (Wildman–Crippen MR) is 297 cm³/mol. The molecule has 0 radical (unpaired) electrons. The molecule has 5 aromatic carbocycles. The lowest BCUT2D eigenvalue weighted by Gasteiger charge is -2.67. The molecule has 3 fully saturated rings. The van der Waals surface area contributed by atoms with Crippen LogP contribution in [0.4, 0.5) is 17.1 Å². The molecule has 5 aromatic rings. The third-order valence-electron chi connectivity index (χ3n) is 16.2. The summed E-state index contributed by atoms with van der Waals surface area (Å²) in [6, 6.07) is 36.6. The number of carbonyl (C=O) groups excluding carboxylic acids is 8. The summed E-state index contributed by atoms with van der Waals surface area (Å²) in [7, 11) is 0. The fraction of sp³-hybridized carbons (Fsp3) is 0.355. The second-order valence-electron chi connectivity index (χ2n) is 21.7. The Morgan fingerprint density at radius 2 is 1.28 bits per heavy atom. The van der Waals surface area contributed by atoms with Crippen molar-refractivity contribution in [3.8, 4) is 0 Å². The molecule has 20 heteroatoms. The molecular formula is C62H66N4O16. The first kappa shape index (κ1) is 59.6. The lowest BCUT2D eigenvalue weighted by atomic mass is 9.44. The summed E-state index contributed by atoms with van der Waals surface area (Å²) >= 11 is 0. The highest BCUT2D eigenvalue weighted by atomic mass is 16.6. The van der Waals surface area contributed by atoms with Crippen molar-refractivity contribution in [2.45, 2.75) is 115 Å². The number of fused-ring (bicyclic) bond motifs is 5. The lowest BCUT2D eigenvalue weighted by Crippen LogP contribution is -2.82. The van der Waals surface area contributed by atoms with E-state index >= 15 is 4.79 Å². The van der Waals surface area contributed by atoms with Gasteiger partial charge in [-0.25, -0.2) is 9.59 Å². The van der Waals surface area contributed by atoms with Crippen LogP contribution in [-0.2, 0) is 47.7 Å². The van der Waals surface area contributed by atoms with Crippen LogP contribution in [0.3, 0.4) is 0 Å². The van der Waals surface area contributed by atoms with E-state index in [9.17, 15) is 48.9 Å². The number of nitrogen functional groups attached to an aromatic ring is 1. The van der Waals surface area contributed by atoms with Gasteiger partial charge in [0.25, 0.3) is 11.8 Å². The van der Waals surface area contributed by atoms with Crippen molar-refractivity contribution in [2.24, 2.45) is 16.7 Å². The topological polar surface area (TPSA) is 306 Å². The zero-order valence-electron chi connectivity index (χ0n) is 46.2. The number of hydrogen-bond donors (Lipinski definition) is 7. The molecule has 1 heterocycles. The number of benzene rings is 5. The zero-order chi connectivity index (χ0) is 59.5. The van der Waals surface area contributed by atoms with E-state index in [4.69, 9.17) is 29.4 Å². The van der Waals surface area contributed by atoms with Crippen LogP contribution in [0.15, 0.2) is 151 Å². The second-order valence-corrected chi connectivity index (χ2v) is 21.7. The monoisotopic (exact) mass is 1120 g/mol. The number of ketones is 1. The molecule has 430 valence electrons. The number of Topliss-reactive ketones (excluding diaryl/α,β-unsaturated/α-hetero) is 1. The highest BCUT2D eigenvalue weighted by Gasteiger charge is 2.78. The SMILES string of the molecule is CC(=O)Nc1ccc(C(=O)Nc2ccccc2N)cc1.CC(=O)O[C@H]1C(=O)[C@@]2(C)[C@H]([C@H](OC(=O)c3ccccc3)[C@]3(O)C[C@H](OC(=O)[C@H](O)[C@@H](NC(=O)c4ccccc4)c4ccccc4)C(C)=C1C3(C)C)[C@]1(OC(C)=O)CO[C@@H]1C[C@@H]2O. The average Bonchev–Trinajstić information content (AvgIpc) is 0.731. The third-order valence-corrected chi connectivity index (χ3v) is 16.2. The van der Waals surface area contributed by atoms with E-state index in [0.29, 0.717) is 28.2 Å². The van der Waals surface area contributed by atoms with E-state index in [2.05, 4.69) is 16.0 Å². The Kier molecular flexibility index (Phi) is 17.3. The summed E-state index contributed by atoms with van der Waals surface area (Å²) in [5, 5.41) is 45.6. The number of amides is 3. The van der Waals surface area contributed by atoms with Crippen molar-refractivity contribution in [2.75, 3.05) is 23.0 Å². The molecule has 0 aromatic heterocycles. The van der Waals surface area contributed by atoms with Crippen LogP contribution >= 0.6 is 0 Å². The molecule has 1 aliphatic heterocycles. The number of anilines is 3. The molecule has 8 N–H and O–H groups in total. The van der Waals surface area contributed by atoms with Gasteiger partial charge in [0, 0.05) is 55.8 Å². The van der Waals surface area contributed by atoms with Crippen LogP contribution in [0.1, 0.15) is 104 Å². The number of aliphatic hydroxyl groups excluding tert-OH is 2. The Morgan fingerprint density at radius 1 is 0.707 bits per heavy atom. The summed E-state index contributed by atoms with van der Waals surface area (Å²) in [5.74, 6) is -7.25. The van der Waals surface area contributed by atoms with E-state index in [1.807, 2.05) is 0 Å². The minimum Gasteiger partial charge on any atom is -0.456 e. The molecule has 9 rings (SSSR count). The number of ether oxygens (including phenoxy) is 5. The van der Waals surface area contributed by atoms with Crippen LogP contribution in [0, 0.1) is 16.7 Å². The van der Waals surface area contributed by atoms with Gasteiger partial charge in [0.15, 0.2) is 23.6 Å². The molecule has 1 saturated heterocycles. The highest BCUT2D eigenvalue weighted by molar-refractivity contribution is 6.06. The maximum atomic E-state index is 15.5. The fourth-order valence-electron chi connectivity index (χ4n) is 11.9. The van der Waals surface area contributed by atoms with Crippen LogP contribution in [0.25, 0.3) is 0 Å². The van der Waals surface area contributed by atoms with Crippen LogP contribution in [-0.4, -0.2) is 117 Å². The van der Waals surface area contributed by atoms with E-state index in [0.717, 1.165) is 13.8 Å². The van der Waals surface area contributed by atoms with Gasteiger partial charge in [-0.1, -0.05) is 92.7 Å². The van der Waals surface area contributed by atoms with Gasteiger partial charge in [-0.2, -0.15) is 0 Å². The largest absolute Gasteiger partial charge is 0.456 e. The van der Waals surface area contributed by atoms with E-state index in [1.165, 1.54) is 32.9 Å². The fourth-order valence-corrected chi connectivity index (χ4v) is 11.9. The van der Waals surface area contributed by atoms with Gasteiger partial charge in [0.2, 0.25) is 5.91 Å². The molecule has 4 aliphatic rings. The Hall–Kier alpha value is -8.56. The first-order valence-corrected chi connectivity index (χ1v) is 26.6. The highest BCUT2D eigenvalue weighted by Crippen LogP contribution is 2.64. The Labute approximate surface area is 473 Å². The molecular weight excluding hydrogens is 1060 g/mol. The van der Waals surface area contributed by atoms with Crippen molar-refractivity contribution in [3.05, 3.63) is 173 Å². The van der Waals surface area contributed by atoms with E-state index < -0.39 is 113 Å².